The number of ether oxygens (including phenoxy) is 1. The van der Waals surface area contributed by atoms with Gasteiger partial charge < -0.3 is 16.3 Å². The number of hydrogen-bond donors (Lipinski definition) is 2. The van der Waals surface area contributed by atoms with E-state index in [1.807, 2.05) is 12.2 Å². The number of nitrogen functional groups attached to an aromatic ring is 1. The second-order valence-corrected chi connectivity index (χ2v) is 8.01. The third kappa shape index (κ3) is 6.45. The first-order valence-corrected chi connectivity index (χ1v) is 10.0. The maximum absolute atomic E-state index is 12.3. The van der Waals surface area contributed by atoms with E-state index in [2.05, 4.69) is 20.0 Å². The van der Waals surface area contributed by atoms with E-state index < -0.39 is 6.36 Å². The first-order valence-electron chi connectivity index (χ1n) is 9.19. The quantitative estimate of drug-likeness (QED) is 0.371. The summed E-state index contributed by atoms with van der Waals surface area (Å²) in [5.74, 6) is 6.19. The Hall–Kier alpha value is -2.62. The second-order valence-electron chi connectivity index (χ2n) is 6.97. The average Bonchev–Trinajstić information content (AvgIpc) is 3.04. The summed E-state index contributed by atoms with van der Waals surface area (Å²) in [7, 11) is 0. The molecule has 0 amide bonds. The van der Waals surface area contributed by atoms with Gasteiger partial charge in [-0.3, -0.25) is 0 Å². The maximum atomic E-state index is 12.3. The van der Waals surface area contributed by atoms with Crippen LogP contribution >= 0.6 is 11.3 Å². The molecule has 0 unspecified atom stereocenters. The summed E-state index contributed by atoms with van der Waals surface area (Å²) in [6.45, 7) is 0. The summed E-state index contributed by atoms with van der Waals surface area (Å²) in [5, 5.41) is 13.3. The van der Waals surface area contributed by atoms with Crippen LogP contribution in [0.1, 0.15) is 42.2 Å². The van der Waals surface area contributed by atoms with Gasteiger partial charge in [0.1, 0.15) is 10.8 Å². The molecular formula is C19H22F3N5OS. The Balaban J connectivity index is 1.42. The van der Waals surface area contributed by atoms with E-state index in [1.165, 1.54) is 23.5 Å². The minimum atomic E-state index is -4.69. The van der Waals surface area contributed by atoms with Gasteiger partial charge in [-0.05, 0) is 61.8 Å². The molecule has 1 aliphatic rings. The Labute approximate surface area is 170 Å². The van der Waals surface area contributed by atoms with Crippen molar-refractivity contribution in [3.63, 3.8) is 0 Å². The van der Waals surface area contributed by atoms with Crippen molar-refractivity contribution in [2.45, 2.75) is 44.4 Å². The van der Waals surface area contributed by atoms with Crippen molar-refractivity contribution in [1.29, 1.82) is 0 Å². The van der Waals surface area contributed by atoms with Gasteiger partial charge in [0, 0.05) is 5.92 Å². The summed E-state index contributed by atoms with van der Waals surface area (Å²) in [6, 6.07) is 6.00. The molecule has 1 aromatic heterocycles. The molecule has 1 aliphatic carbocycles. The normalized spacial score (nSPS) is 20.0. The first kappa shape index (κ1) is 21.1. The Kier molecular flexibility index (Phi) is 6.73. The number of nitrogens with two attached hydrogens (primary N) is 2. The Bertz CT molecular complexity index is 875. The van der Waals surface area contributed by atoms with E-state index in [0.717, 1.165) is 35.5 Å². The molecule has 0 radical (unpaired) electrons. The fraction of sp³-hybridized carbons (Fsp3) is 0.421. The number of hydrogen-bond acceptors (Lipinski definition) is 7. The van der Waals surface area contributed by atoms with E-state index in [1.54, 1.807) is 12.1 Å². The highest BCUT2D eigenvalue weighted by atomic mass is 32.1. The minimum Gasteiger partial charge on any atom is -0.406 e. The van der Waals surface area contributed by atoms with Crippen molar-refractivity contribution in [2.75, 3.05) is 5.73 Å². The SMILES string of the molecule is N/N=C(\C=C/CCc1cccc(OC(F)(F)F)c1)CC1CC(c2nnc(N)s2)C1. The van der Waals surface area contributed by atoms with Gasteiger partial charge in [-0.2, -0.15) is 5.10 Å². The highest BCUT2D eigenvalue weighted by Gasteiger charge is 2.33. The first-order chi connectivity index (χ1) is 13.8. The van der Waals surface area contributed by atoms with Crippen molar-refractivity contribution in [3.05, 3.63) is 47.0 Å². The van der Waals surface area contributed by atoms with Crippen molar-refractivity contribution in [2.24, 2.45) is 16.9 Å². The zero-order valence-electron chi connectivity index (χ0n) is 15.6. The molecule has 0 aliphatic heterocycles. The molecule has 1 saturated carbocycles. The van der Waals surface area contributed by atoms with E-state index in [4.69, 9.17) is 11.6 Å². The lowest BCUT2D eigenvalue weighted by Crippen LogP contribution is -2.24. The summed E-state index contributed by atoms with van der Waals surface area (Å²) in [4.78, 5) is 0. The molecule has 4 N–H and O–H groups in total. The van der Waals surface area contributed by atoms with Crippen LogP contribution in [0.4, 0.5) is 18.3 Å². The summed E-state index contributed by atoms with van der Waals surface area (Å²) >= 11 is 1.43. The van der Waals surface area contributed by atoms with Crippen LogP contribution in [0.5, 0.6) is 5.75 Å². The summed E-state index contributed by atoms with van der Waals surface area (Å²) < 4.78 is 40.8. The third-order valence-electron chi connectivity index (χ3n) is 4.75. The van der Waals surface area contributed by atoms with Crippen LogP contribution in [0.15, 0.2) is 41.5 Å². The fourth-order valence-corrected chi connectivity index (χ4v) is 4.08. The highest BCUT2D eigenvalue weighted by molar-refractivity contribution is 7.15. The lowest BCUT2D eigenvalue weighted by molar-refractivity contribution is -0.274. The molecule has 10 heteroatoms. The van der Waals surface area contributed by atoms with Crippen LogP contribution in [0.3, 0.4) is 0 Å². The maximum Gasteiger partial charge on any atom is 0.573 e. The Morgan fingerprint density at radius 3 is 2.76 bits per heavy atom. The lowest BCUT2D eigenvalue weighted by Gasteiger charge is -2.33. The number of allylic oxidation sites excluding steroid dienone is 2. The molecule has 29 heavy (non-hydrogen) atoms. The molecule has 1 fully saturated rings. The van der Waals surface area contributed by atoms with Gasteiger partial charge in [0.2, 0.25) is 5.13 Å². The van der Waals surface area contributed by atoms with Crippen LogP contribution in [0.2, 0.25) is 0 Å². The second kappa shape index (κ2) is 9.25. The van der Waals surface area contributed by atoms with Crippen molar-refractivity contribution < 1.29 is 17.9 Å². The number of aryl methyl sites for hydroxylation is 1. The van der Waals surface area contributed by atoms with Gasteiger partial charge in [0.25, 0.3) is 0 Å². The van der Waals surface area contributed by atoms with Gasteiger partial charge in [0.15, 0.2) is 0 Å². The summed E-state index contributed by atoms with van der Waals surface area (Å²) in [6.07, 6.45) is 3.18. The van der Waals surface area contributed by atoms with Gasteiger partial charge in [-0.15, -0.1) is 23.4 Å². The van der Waals surface area contributed by atoms with E-state index in [0.29, 0.717) is 29.8 Å². The fourth-order valence-electron chi connectivity index (χ4n) is 3.34. The number of alkyl halides is 3. The van der Waals surface area contributed by atoms with Crippen LogP contribution in [0.25, 0.3) is 0 Å². The molecule has 2 aromatic rings. The van der Waals surface area contributed by atoms with Crippen LogP contribution in [-0.4, -0.2) is 22.3 Å². The molecule has 6 nitrogen and oxygen atoms in total. The number of halogens is 3. The van der Waals surface area contributed by atoms with E-state index in [9.17, 15) is 13.2 Å². The topological polar surface area (TPSA) is 99.4 Å². The molecule has 0 saturated heterocycles. The average molecular weight is 425 g/mol. The van der Waals surface area contributed by atoms with Crippen molar-refractivity contribution in [3.8, 4) is 5.75 Å². The monoisotopic (exact) mass is 425 g/mol. The highest BCUT2D eigenvalue weighted by Crippen LogP contribution is 2.44. The number of anilines is 1. The standard InChI is InChI=1S/C19H22F3N5OS/c20-19(21,22)28-16-7-3-5-12(11-16)4-1-2-6-15(25-24)10-13-8-14(9-13)17-26-27-18(23)29-17/h2-3,5-7,11,13-14H,1,4,8-10,24H2,(H2,23,27)/b6-2-,25-15+. The number of rotatable bonds is 8. The minimum absolute atomic E-state index is 0.208. The van der Waals surface area contributed by atoms with Crippen LogP contribution in [0, 0.1) is 5.92 Å². The van der Waals surface area contributed by atoms with Crippen molar-refractivity contribution in [1.82, 2.24) is 10.2 Å². The van der Waals surface area contributed by atoms with Gasteiger partial charge in [-0.25, -0.2) is 0 Å². The predicted molar refractivity (Wildman–Crippen MR) is 107 cm³/mol. The molecule has 1 heterocycles. The molecule has 0 spiro atoms. The number of aromatic nitrogens is 2. The van der Waals surface area contributed by atoms with Crippen LogP contribution in [-0.2, 0) is 6.42 Å². The van der Waals surface area contributed by atoms with Gasteiger partial charge in [-0.1, -0.05) is 29.5 Å². The zero-order chi connectivity index (χ0) is 20.9. The largest absolute Gasteiger partial charge is 0.573 e. The lowest BCUT2D eigenvalue weighted by atomic mass is 9.73. The molecule has 1 aromatic carbocycles. The number of benzene rings is 1. The molecule has 0 atom stereocenters. The number of hydrazone groups is 1. The van der Waals surface area contributed by atoms with Crippen molar-refractivity contribution >= 4 is 22.2 Å². The van der Waals surface area contributed by atoms with Gasteiger partial charge >= 0.3 is 6.36 Å². The molecule has 156 valence electrons. The number of nitrogens with zero attached hydrogens (tertiary/aromatic N) is 3. The van der Waals surface area contributed by atoms with Gasteiger partial charge in [0.05, 0.1) is 5.71 Å². The predicted octanol–water partition coefficient (Wildman–Crippen LogP) is 4.41. The van der Waals surface area contributed by atoms with E-state index >= 15 is 0 Å². The Morgan fingerprint density at radius 1 is 1.31 bits per heavy atom. The Morgan fingerprint density at radius 2 is 2.10 bits per heavy atom. The molecular weight excluding hydrogens is 403 g/mol. The smallest absolute Gasteiger partial charge is 0.406 e. The summed E-state index contributed by atoms with van der Waals surface area (Å²) in [5.41, 5.74) is 7.19. The van der Waals surface area contributed by atoms with Crippen LogP contribution < -0.4 is 16.3 Å². The van der Waals surface area contributed by atoms with E-state index in [-0.39, 0.29) is 5.75 Å². The molecule has 3 rings (SSSR count). The third-order valence-corrected chi connectivity index (χ3v) is 5.66. The zero-order valence-corrected chi connectivity index (χ0v) is 16.4. The molecule has 0 bridgehead atoms.